The smallest absolute Gasteiger partial charge is 0.254 e. The first kappa shape index (κ1) is 19.0. The Bertz CT molecular complexity index is 876. The fourth-order valence-electron chi connectivity index (χ4n) is 3.61. The second-order valence-corrected chi connectivity index (χ2v) is 7.05. The number of hydrogen-bond acceptors (Lipinski definition) is 3. The molecule has 1 N–H and O–H groups in total. The van der Waals surface area contributed by atoms with Gasteiger partial charge >= 0.3 is 0 Å². The van der Waals surface area contributed by atoms with E-state index in [-0.39, 0.29) is 11.8 Å². The van der Waals surface area contributed by atoms with E-state index in [0.29, 0.717) is 19.6 Å². The minimum atomic E-state index is -0.602. The zero-order chi connectivity index (χ0) is 19.6. The third-order valence-electron chi connectivity index (χ3n) is 4.93. The number of nitrogens with one attached hydrogen (secondary N) is 1. The number of para-hydroxylation sites is 1. The monoisotopic (exact) mass is 366 g/mol. The fraction of sp³-hybridized carbons (Fsp3) is 0.364. The molecule has 0 saturated heterocycles. The van der Waals surface area contributed by atoms with Gasteiger partial charge in [-0.2, -0.15) is 0 Å². The van der Waals surface area contributed by atoms with Crippen molar-refractivity contribution in [3.63, 3.8) is 0 Å². The molecule has 2 amide bonds. The number of rotatable bonds is 6. The van der Waals surface area contributed by atoms with Crippen molar-refractivity contribution in [2.75, 3.05) is 18.1 Å². The molecular formula is C22H26N2O3. The number of ether oxygens (including phenoxy) is 1. The number of carbonyl (C=O) groups is 2. The average molecular weight is 366 g/mol. The molecule has 0 bridgehead atoms. The predicted molar refractivity (Wildman–Crippen MR) is 106 cm³/mol. The Hall–Kier alpha value is -2.82. The van der Waals surface area contributed by atoms with Crippen LogP contribution < -0.4 is 15.0 Å². The quantitative estimate of drug-likeness (QED) is 0.795. The zero-order valence-corrected chi connectivity index (χ0v) is 16.3. The van der Waals surface area contributed by atoms with Crippen LogP contribution in [-0.2, 0) is 9.59 Å². The van der Waals surface area contributed by atoms with Crippen LogP contribution in [0.25, 0.3) is 0 Å². The van der Waals surface area contributed by atoms with Crippen molar-refractivity contribution in [3.8, 4) is 5.75 Å². The summed E-state index contributed by atoms with van der Waals surface area (Å²) >= 11 is 0. The summed E-state index contributed by atoms with van der Waals surface area (Å²) in [5.74, 6) is 0.590. The maximum Gasteiger partial charge on any atom is 0.254 e. The zero-order valence-electron chi connectivity index (χ0n) is 16.3. The molecule has 0 aliphatic carbocycles. The summed E-state index contributed by atoms with van der Waals surface area (Å²) in [4.78, 5) is 26.4. The van der Waals surface area contributed by atoms with Crippen molar-refractivity contribution in [3.05, 3.63) is 58.7 Å². The summed E-state index contributed by atoms with van der Waals surface area (Å²) in [5, 5.41) is 2.81. The standard InChI is InChI=1S/C22H26N2O3/c1-14-8-5-6-9-18(14)27-13-7-12-24-21-16(3)11-10-15(2)19(21)20(22(24)26)23-17(4)25/h5-6,8-11,20H,7,12-13H2,1-4H3,(H,23,25). The Morgan fingerprint density at radius 3 is 2.48 bits per heavy atom. The Balaban J connectivity index is 1.74. The molecular weight excluding hydrogens is 340 g/mol. The highest BCUT2D eigenvalue weighted by atomic mass is 16.5. The second kappa shape index (κ2) is 7.82. The third-order valence-corrected chi connectivity index (χ3v) is 4.93. The highest BCUT2D eigenvalue weighted by Crippen LogP contribution is 2.40. The van der Waals surface area contributed by atoms with Gasteiger partial charge in [0.05, 0.1) is 12.3 Å². The molecule has 1 unspecified atom stereocenters. The molecule has 3 rings (SSSR count). The molecule has 0 fully saturated rings. The lowest BCUT2D eigenvalue weighted by Crippen LogP contribution is -2.37. The van der Waals surface area contributed by atoms with Gasteiger partial charge in [0.25, 0.3) is 5.91 Å². The van der Waals surface area contributed by atoms with Crippen LogP contribution in [0.1, 0.15) is 41.6 Å². The van der Waals surface area contributed by atoms with E-state index in [1.165, 1.54) is 6.92 Å². The first-order valence-electron chi connectivity index (χ1n) is 9.27. The van der Waals surface area contributed by atoms with Crippen LogP contribution >= 0.6 is 0 Å². The lowest BCUT2D eigenvalue weighted by Gasteiger charge is -2.20. The maximum atomic E-state index is 13.0. The van der Waals surface area contributed by atoms with Crippen LogP contribution in [0.5, 0.6) is 5.75 Å². The summed E-state index contributed by atoms with van der Waals surface area (Å²) in [6.45, 7) is 8.51. The van der Waals surface area contributed by atoms with Gasteiger partial charge in [0.2, 0.25) is 5.91 Å². The van der Waals surface area contributed by atoms with Gasteiger partial charge in [-0.05, 0) is 49.9 Å². The molecule has 1 aliphatic rings. The molecule has 5 heteroatoms. The van der Waals surface area contributed by atoms with E-state index in [1.807, 2.05) is 57.2 Å². The van der Waals surface area contributed by atoms with Crippen molar-refractivity contribution in [1.82, 2.24) is 5.32 Å². The van der Waals surface area contributed by atoms with Crippen LogP contribution in [0.2, 0.25) is 0 Å². The van der Waals surface area contributed by atoms with Crippen LogP contribution in [0.3, 0.4) is 0 Å². The molecule has 142 valence electrons. The average Bonchev–Trinajstić information content (AvgIpc) is 2.90. The van der Waals surface area contributed by atoms with Gasteiger partial charge in [-0.1, -0.05) is 30.3 Å². The van der Waals surface area contributed by atoms with Gasteiger partial charge in [0, 0.05) is 19.0 Å². The summed E-state index contributed by atoms with van der Waals surface area (Å²) in [6.07, 6.45) is 0.708. The number of carbonyl (C=O) groups excluding carboxylic acids is 2. The summed E-state index contributed by atoms with van der Waals surface area (Å²) in [6, 6.07) is 11.3. The molecule has 0 spiro atoms. The highest BCUT2D eigenvalue weighted by Gasteiger charge is 2.39. The topological polar surface area (TPSA) is 58.6 Å². The van der Waals surface area contributed by atoms with Crippen molar-refractivity contribution in [2.45, 2.75) is 40.2 Å². The Morgan fingerprint density at radius 2 is 1.78 bits per heavy atom. The number of fused-ring (bicyclic) bond motifs is 1. The molecule has 2 aromatic rings. The minimum absolute atomic E-state index is 0.0755. The van der Waals surface area contributed by atoms with Gasteiger partial charge in [0.15, 0.2) is 0 Å². The van der Waals surface area contributed by atoms with E-state index < -0.39 is 6.04 Å². The molecule has 2 aromatic carbocycles. The van der Waals surface area contributed by atoms with Crippen LogP contribution in [0, 0.1) is 20.8 Å². The number of aryl methyl sites for hydroxylation is 3. The molecule has 27 heavy (non-hydrogen) atoms. The van der Waals surface area contributed by atoms with Gasteiger partial charge in [-0.3, -0.25) is 9.59 Å². The van der Waals surface area contributed by atoms with E-state index in [1.54, 1.807) is 4.90 Å². The molecule has 0 aromatic heterocycles. The first-order chi connectivity index (χ1) is 12.9. The highest BCUT2D eigenvalue weighted by molar-refractivity contribution is 6.07. The van der Waals surface area contributed by atoms with E-state index in [4.69, 9.17) is 4.74 Å². The maximum absolute atomic E-state index is 13.0. The summed E-state index contributed by atoms with van der Waals surface area (Å²) < 4.78 is 5.86. The van der Waals surface area contributed by atoms with E-state index in [9.17, 15) is 9.59 Å². The minimum Gasteiger partial charge on any atom is -0.493 e. The number of benzene rings is 2. The van der Waals surface area contributed by atoms with Gasteiger partial charge < -0.3 is 15.0 Å². The number of anilines is 1. The Morgan fingerprint density at radius 1 is 1.07 bits per heavy atom. The SMILES string of the molecule is CC(=O)NC1C(=O)N(CCCOc2ccccc2C)c2c(C)ccc(C)c21. The fourth-order valence-corrected chi connectivity index (χ4v) is 3.61. The second-order valence-electron chi connectivity index (χ2n) is 7.05. The Labute approximate surface area is 160 Å². The van der Waals surface area contributed by atoms with Crippen LogP contribution in [0.4, 0.5) is 5.69 Å². The number of amides is 2. The van der Waals surface area contributed by atoms with Gasteiger partial charge in [-0.25, -0.2) is 0 Å². The molecule has 1 aliphatic heterocycles. The van der Waals surface area contributed by atoms with Gasteiger partial charge in [0.1, 0.15) is 11.8 Å². The molecule has 1 atom stereocenters. The number of hydrogen-bond donors (Lipinski definition) is 1. The van der Waals surface area contributed by atoms with Gasteiger partial charge in [-0.15, -0.1) is 0 Å². The van der Waals surface area contributed by atoms with E-state index >= 15 is 0 Å². The lowest BCUT2D eigenvalue weighted by molar-refractivity contribution is -0.126. The van der Waals surface area contributed by atoms with Crippen LogP contribution in [0.15, 0.2) is 36.4 Å². The third kappa shape index (κ3) is 3.82. The molecule has 0 saturated carbocycles. The van der Waals surface area contributed by atoms with Crippen molar-refractivity contribution >= 4 is 17.5 Å². The molecule has 1 heterocycles. The molecule has 5 nitrogen and oxygen atoms in total. The number of nitrogens with zero attached hydrogens (tertiary/aromatic N) is 1. The predicted octanol–water partition coefficient (Wildman–Crippen LogP) is 3.60. The van der Waals surface area contributed by atoms with E-state index in [0.717, 1.165) is 33.7 Å². The largest absolute Gasteiger partial charge is 0.493 e. The normalized spacial score (nSPS) is 15.6. The Kier molecular flexibility index (Phi) is 5.49. The van der Waals surface area contributed by atoms with E-state index in [2.05, 4.69) is 5.32 Å². The molecule has 0 radical (unpaired) electrons. The van der Waals surface area contributed by atoms with Crippen LogP contribution in [-0.4, -0.2) is 25.0 Å². The van der Waals surface area contributed by atoms with Crippen molar-refractivity contribution in [1.29, 1.82) is 0 Å². The summed E-state index contributed by atoms with van der Waals surface area (Å²) in [5.41, 5.74) is 4.99. The lowest BCUT2D eigenvalue weighted by atomic mass is 9.99. The summed E-state index contributed by atoms with van der Waals surface area (Å²) in [7, 11) is 0. The van der Waals surface area contributed by atoms with Crippen molar-refractivity contribution < 1.29 is 14.3 Å². The van der Waals surface area contributed by atoms with Crippen molar-refractivity contribution in [2.24, 2.45) is 0 Å². The first-order valence-corrected chi connectivity index (χ1v) is 9.27.